The summed E-state index contributed by atoms with van der Waals surface area (Å²) in [5.74, 6) is -0.619. The van der Waals surface area contributed by atoms with E-state index in [1.807, 2.05) is 18.5 Å². The van der Waals surface area contributed by atoms with Crippen LogP contribution in [-0.4, -0.2) is 21.6 Å². The van der Waals surface area contributed by atoms with Crippen molar-refractivity contribution >= 4 is 23.6 Å². The molecule has 3 aromatic rings. The molecule has 0 aliphatic carbocycles. The van der Waals surface area contributed by atoms with E-state index in [0.29, 0.717) is 12.2 Å². The highest BCUT2D eigenvalue weighted by Gasteiger charge is 2.10. The fourth-order valence-corrected chi connectivity index (χ4v) is 3.22. The standard InChI is InChI=1S/C24H26N4O2/c1-16-4-6-20(7-5-16)15-28-18(3)22(17(2)27-28)12-13-24(30)26-21-10-8-19(9-11-21)14-23(25)29/h4-13H,14-15H2,1-3H3,(H2,25,29)(H,26,30)/b13-12+. The first-order valence-corrected chi connectivity index (χ1v) is 9.77. The van der Waals surface area contributed by atoms with Gasteiger partial charge in [-0.15, -0.1) is 0 Å². The highest BCUT2D eigenvalue weighted by atomic mass is 16.1. The summed E-state index contributed by atoms with van der Waals surface area (Å²) in [6.45, 7) is 6.69. The summed E-state index contributed by atoms with van der Waals surface area (Å²) >= 11 is 0. The van der Waals surface area contributed by atoms with Gasteiger partial charge in [0.25, 0.3) is 0 Å². The maximum atomic E-state index is 12.3. The Balaban J connectivity index is 1.66. The number of nitrogens with zero attached hydrogens (tertiary/aromatic N) is 2. The second-order valence-corrected chi connectivity index (χ2v) is 7.39. The molecule has 1 heterocycles. The van der Waals surface area contributed by atoms with Gasteiger partial charge in [-0.25, -0.2) is 0 Å². The number of nitrogens with two attached hydrogens (primary N) is 1. The smallest absolute Gasteiger partial charge is 0.248 e. The molecule has 0 radical (unpaired) electrons. The lowest BCUT2D eigenvalue weighted by Crippen LogP contribution is -2.13. The number of amides is 2. The third kappa shape index (κ3) is 5.44. The van der Waals surface area contributed by atoms with Crippen LogP contribution in [0.1, 0.15) is 33.6 Å². The van der Waals surface area contributed by atoms with Gasteiger partial charge in [0, 0.05) is 23.0 Å². The monoisotopic (exact) mass is 402 g/mol. The van der Waals surface area contributed by atoms with Crippen LogP contribution < -0.4 is 11.1 Å². The lowest BCUT2D eigenvalue weighted by atomic mass is 10.1. The largest absolute Gasteiger partial charge is 0.369 e. The predicted molar refractivity (Wildman–Crippen MR) is 119 cm³/mol. The first kappa shape index (κ1) is 21.0. The summed E-state index contributed by atoms with van der Waals surface area (Å²) in [5, 5.41) is 7.43. The summed E-state index contributed by atoms with van der Waals surface area (Å²) in [4.78, 5) is 23.3. The zero-order chi connectivity index (χ0) is 21.7. The van der Waals surface area contributed by atoms with E-state index in [1.54, 1.807) is 30.3 Å². The number of benzene rings is 2. The van der Waals surface area contributed by atoms with Crippen molar-refractivity contribution in [3.05, 3.63) is 88.2 Å². The fourth-order valence-electron chi connectivity index (χ4n) is 3.22. The van der Waals surface area contributed by atoms with Crippen molar-refractivity contribution in [3.8, 4) is 0 Å². The third-order valence-electron chi connectivity index (χ3n) is 4.89. The maximum absolute atomic E-state index is 12.3. The van der Waals surface area contributed by atoms with E-state index in [-0.39, 0.29) is 18.2 Å². The Morgan fingerprint density at radius 2 is 1.63 bits per heavy atom. The average molecular weight is 402 g/mol. The number of aromatic nitrogens is 2. The van der Waals surface area contributed by atoms with E-state index in [1.165, 1.54) is 17.2 Å². The fraction of sp³-hybridized carbons (Fsp3) is 0.208. The van der Waals surface area contributed by atoms with Crippen molar-refractivity contribution in [3.63, 3.8) is 0 Å². The number of nitrogens with one attached hydrogen (secondary N) is 1. The third-order valence-corrected chi connectivity index (χ3v) is 4.89. The molecule has 0 unspecified atom stereocenters. The lowest BCUT2D eigenvalue weighted by molar-refractivity contribution is -0.117. The molecule has 2 amide bonds. The molecule has 0 aliphatic heterocycles. The molecule has 0 fully saturated rings. The Hall–Kier alpha value is -3.67. The Bertz CT molecular complexity index is 1080. The van der Waals surface area contributed by atoms with E-state index in [4.69, 9.17) is 5.73 Å². The van der Waals surface area contributed by atoms with Gasteiger partial charge in [-0.05, 0) is 50.1 Å². The SMILES string of the molecule is Cc1ccc(Cn2nc(C)c(/C=C/C(=O)Nc3ccc(CC(N)=O)cc3)c2C)cc1. The number of rotatable bonds is 7. The van der Waals surface area contributed by atoms with Crippen LogP contribution in [0.4, 0.5) is 5.69 Å². The molecule has 6 nitrogen and oxygen atoms in total. The zero-order valence-corrected chi connectivity index (χ0v) is 17.5. The number of hydrogen-bond donors (Lipinski definition) is 2. The highest BCUT2D eigenvalue weighted by Crippen LogP contribution is 2.17. The first-order valence-electron chi connectivity index (χ1n) is 9.77. The van der Waals surface area contributed by atoms with Gasteiger partial charge in [0.1, 0.15) is 0 Å². The minimum Gasteiger partial charge on any atom is -0.369 e. The van der Waals surface area contributed by atoms with Crippen molar-refractivity contribution in [2.45, 2.75) is 33.7 Å². The molecule has 6 heteroatoms. The lowest BCUT2D eigenvalue weighted by Gasteiger charge is -2.05. The Morgan fingerprint density at radius 1 is 1.00 bits per heavy atom. The second-order valence-electron chi connectivity index (χ2n) is 7.39. The first-order chi connectivity index (χ1) is 14.3. The summed E-state index contributed by atoms with van der Waals surface area (Å²) < 4.78 is 1.95. The number of carbonyl (C=O) groups is 2. The molecule has 0 saturated carbocycles. The van der Waals surface area contributed by atoms with Gasteiger partial charge in [0.2, 0.25) is 11.8 Å². The molecule has 0 bridgehead atoms. The Labute approximate surface area is 176 Å². The van der Waals surface area contributed by atoms with Crippen LogP contribution in [0.15, 0.2) is 54.6 Å². The van der Waals surface area contributed by atoms with E-state index in [0.717, 1.165) is 22.5 Å². The van der Waals surface area contributed by atoms with Gasteiger partial charge in [-0.3, -0.25) is 14.3 Å². The van der Waals surface area contributed by atoms with Gasteiger partial charge in [0.05, 0.1) is 18.7 Å². The van der Waals surface area contributed by atoms with Crippen LogP contribution in [0.25, 0.3) is 6.08 Å². The summed E-state index contributed by atoms with van der Waals surface area (Å²) in [6, 6.07) is 15.4. The van der Waals surface area contributed by atoms with Gasteiger partial charge in [-0.2, -0.15) is 5.10 Å². The summed E-state index contributed by atoms with van der Waals surface area (Å²) in [6.07, 6.45) is 3.48. The Morgan fingerprint density at radius 3 is 2.27 bits per heavy atom. The number of anilines is 1. The molecule has 3 N–H and O–H groups in total. The molecule has 0 aliphatic rings. The molecule has 30 heavy (non-hydrogen) atoms. The van der Waals surface area contributed by atoms with E-state index in [2.05, 4.69) is 41.6 Å². The molecule has 0 saturated heterocycles. The molecular formula is C24H26N4O2. The quantitative estimate of drug-likeness (QED) is 0.592. The van der Waals surface area contributed by atoms with Gasteiger partial charge < -0.3 is 11.1 Å². The van der Waals surface area contributed by atoms with Crippen molar-refractivity contribution in [2.75, 3.05) is 5.32 Å². The second kappa shape index (κ2) is 9.22. The Kier molecular flexibility index (Phi) is 6.47. The van der Waals surface area contributed by atoms with Crippen molar-refractivity contribution in [2.24, 2.45) is 5.73 Å². The normalized spacial score (nSPS) is 11.0. The van der Waals surface area contributed by atoms with Crippen molar-refractivity contribution < 1.29 is 9.59 Å². The molecule has 3 rings (SSSR count). The minimum absolute atomic E-state index is 0.180. The van der Waals surface area contributed by atoms with Crippen LogP contribution >= 0.6 is 0 Å². The molecular weight excluding hydrogens is 376 g/mol. The molecule has 0 atom stereocenters. The van der Waals surface area contributed by atoms with E-state index in [9.17, 15) is 9.59 Å². The highest BCUT2D eigenvalue weighted by molar-refractivity contribution is 6.02. The number of hydrogen-bond acceptors (Lipinski definition) is 3. The van der Waals surface area contributed by atoms with Crippen LogP contribution in [0.3, 0.4) is 0 Å². The van der Waals surface area contributed by atoms with Gasteiger partial charge in [0.15, 0.2) is 0 Å². The number of carbonyl (C=O) groups excluding carboxylic acids is 2. The van der Waals surface area contributed by atoms with Gasteiger partial charge in [-0.1, -0.05) is 42.0 Å². The predicted octanol–water partition coefficient (Wildman–Crippen LogP) is 3.54. The van der Waals surface area contributed by atoms with Crippen molar-refractivity contribution in [1.29, 1.82) is 0 Å². The molecule has 154 valence electrons. The number of primary amides is 1. The van der Waals surface area contributed by atoms with Crippen LogP contribution in [0.5, 0.6) is 0 Å². The van der Waals surface area contributed by atoms with Crippen molar-refractivity contribution in [1.82, 2.24) is 9.78 Å². The topological polar surface area (TPSA) is 90.0 Å². The summed E-state index contributed by atoms with van der Waals surface area (Å²) in [7, 11) is 0. The minimum atomic E-state index is -0.386. The molecule has 0 spiro atoms. The van der Waals surface area contributed by atoms with E-state index < -0.39 is 0 Å². The van der Waals surface area contributed by atoms with Crippen LogP contribution in [-0.2, 0) is 22.6 Å². The maximum Gasteiger partial charge on any atom is 0.248 e. The molecule has 1 aromatic heterocycles. The summed E-state index contributed by atoms with van der Waals surface area (Å²) in [5.41, 5.74) is 11.9. The molecule has 2 aromatic carbocycles. The average Bonchev–Trinajstić information content (AvgIpc) is 2.96. The van der Waals surface area contributed by atoms with Crippen LogP contribution in [0.2, 0.25) is 0 Å². The number of aryl methyl sites for hydroxylation is 2. The van der Waals surface area contributed by atoms with Crippen LogP contribution in [0, 0.1) is 20.8 Å². The zero-order valence-electron chi connectivity index (χ0n) is 17.5. The van der Waals surface area contributed by atoms with E-state index >= 15 is 0 Å². The van der Waals surface area contributed by atoms with Gasteiger partial charge >= 0.3 is 0 Å².